The van der Waals surface area contributed by atoms with Crippen LogP contribution in [0.1, 0.15) is 6.92 Å². The van der Waals surface area contributed by atoms with E-state index >= 15 is 0 Å². The van der Waals surface area contributed by atoms with Crippen LogP contribution in [-0.2, 0) is 4.79 Å². The third kappa shape index (κ3) is 5.67. The molecule has 0 saturated carbocycles. The Kier molecular flexibility index (Phi) is 7.41. The van der Waals surface area contributed by atoms with E-state index in [1.807, 2.05) is 36.4 Å². The highest BCUT2D eigenvalue weighted by Gasteiger charge is 2.21. The van der Waals surface area contributed by atoms with E-state index in [0.29, 0.717) is 39.5 Å². The molecule has 0 aliphatic carbocycles. The maximum atomic E-state index is 12.7. The third-order valence-corrected chi connectivity index (χ3v) is 6.12. The summed E-state index contributed by atoms with van der Waals surface area (Å²) in [5.74, 6) is 9.05. The summed E-state index contributed by atoms with van der Waals surface area (Å²) in [4.78, 5) is 12.7. The molecule has 9 nitrogen and oxygen atoms in total. The molecule has 1 heterocycles. The third-order valence-electron chi connectivity index (χ3n) is 5.06. The first-order valence-corrected chi connectivity index (χ1v) is 11.6. The average molecular weight is 492 g/mol. The molecular formula is C25H25N5O4S. The lowest BCUT2D eigenvalue weighted by molar-refractivity contribution is -0.115. The number of hydrogen-bond acceptors (Lipinski definition) is 8. The number of methoxy groups -OCH3 is 2. The van der Waals surface area contributed by atoms with Crippen LogP contribution in [0.15, 0.2) is 78.0 Å². The van der Waals surface area contributed by atoms with E-state index in [4.69, 9.17) is 20.1 Å². The second-order valence-electron chi connectivity index (χ2n) is 7.43. The summed E-state index contributed by atoms with van der Waals surface area (Å²) in [6.45, 7) is 1.78. The summed E-state index contributed by atoms with van der Waals surface area (Å²) in [5, 5.41) is 11.2. The number of hydrogen-bond donors (Lipinski definition) is 2. The smallest absolute Gasteiger partial charge is 0.237 e. The predicted octanol–water partition coefficient (Wildman–Crippen LogP) is 4.59. The van der Waals surface area contributed by atoms with Crippen LogP contribution in [-0.4, -0.2) is 40.3 Å². The van der Waals surface area contributed by atoms with Gasteiger partial charge in [0.05, 0.1) is 19.5 Å². The van der Waals surface area contributed by atoms with E-state index in [-0.39, 0.29) is 5.91 Å². The second kappa shape index (κ2) is 10.8. The van der Waals surface area contributed by atoms with Crippen molar-refractivity contribution in [3.8, 4) is 34.4 Å². The fraction of sp³-hybridized carbons (Fsp3) is 0.160. The first-order chi connectivity index (χ1) is 17.0. The van der Waals surface area contributed by atoms with E-state index in [1.165, 1.54) is 16.4 Å². The van der Waals surface area contributed by atoms with Gasteiger partial charge >= 0.3 is 0 Å². The molecule has 0 radical (unpaired) electrons. The monoisotopic (exact) mass is 491 g/mol. The van der Waals surface area contributed by atoms with Gasteiger partial charge in [0.2, 0.25) is 11.1 Å². The highest BCUT2D eigenvalue weighted by molar-refractivity contribution is 8.00. The molecule has 0 fully saturated rings. The number of carbonyl (C=O) groups excluding carboxylic acids is 1. The number of thioether (sulfide) groups is 1. The lowest BCUT2D eigenvalue weighted by Crippen LogP contribution is -2.23. The number of ether oxygens (including phenoxy) is 3. The number of benzene rings is 3. The number of nitrogens with two attached hydrogens (primary N) is 1. The molecule has 0 unspecified atom stereocenters. The zero-order valence-electron chi connectivity index (χ0n) is 19.5. The van der Waals surface area contributed by atoms with Crippen LogP contribution < -0.4 is 25.4 Å². The lowest BCUT2D eigenvalue weighted by atomic mass is 10.2. The van der Waals surface area contributed by atoms with Gasteiger partial charge in [-0.15, -0.1) is 10.2 Å². The van der Waals surface area contributed by atoms with Gasteiger partial charge in [0.25, 0.3) is 0 Å². The molecular weight excluding hydrogens is 466 g/mol. The van der Waals surface area contributed by atoms with Crippen molar-refractivity contribution in [3.05, 3.63) is 72.8 Å². The summed E-state index contributed by atoms with van der Waals surface area (Å²) in [5.41, 5.74) is 1.36. The van der Waals surface area contributed by atoms with Gasteiger partial charge in [0.15, 0.2) is 17.3 Å². The van der Waals surface area contributed by atoms with Gasteiger partial charge < -0.3 is 25.4 Å². The molecule has 0 bridgehead atoms. The van der Waals surface area contributed by atoms with Gasteiger partial charge in [-0.2, -0.15) is 0 Å². The molecule has 0 saturated heterocycles. The minimum atomic E-state index is -0.472. The number of amides is 1. The number of nitrogen functional groups attached to an aromatic ring is 1. The Morgan fingerprint density at radius 2 is 1.63 bits per heavy atom. The van der Waals surface area contributed by atoms with Crippen LogP contribution >= 0.6 is 11.8 Å². The van der Waals surface area contributed by atoms with Crippen LogP contribution in [0.4, 0.5) is 5.69 Å². The predicted molar refractivity (Wildman–Crippen MR) is 136 cm³/mol. The Morgan fingerprint density at radius 3 is 2.31 bits per heavy atom. The number of aromatic nitrogens is 3. The number of para-hydroxylation sites is 1. The molecule has 1 amide bonds. The molecule has 35 heavy (non-hydrogen) atoms. The normalized spacial score (nSPS) is 11.5. The molecule has 180 valence electrons. The minimum Gasteiger partial charge on any atom is -0.493 e. The quantitative estimate of drug-likeness (QED) is 0.258. The molecule has 0 aliphatic rings. The Bertz CT molecular complexity index is 1300. The van der Waals surface area contributed by atoms with E-state index in [9.17, 15) is 4.79 Å². The van der Waals surface area contributed by atoms with Crippen molar-refractivity contribution in [2.24, 2.45) is 0 Å². The van der Waals surface area contributed by atoms with E-state index in [2.05, 4.69) is 15.5 Å². The summed E-state index contributed by atoms with van der Waals surface area (Å²) < 4.78 is 17.7. The maximum Gasteiger partial charge on any atom is 0.237 e. The first kappa shape index (κ1) is 24.0. The molecule has 3 aromatic carbocycles. The second-order valence-corrected chi connectivity index (χ2v) is 8.74. The zero-order chi connectivity index (χ0) is 24.8. The molecule has 4 aromatic rings. The van der Waals surface area contributed by atoms with Crippen molar-refractivity contribution < 1.29 is 19.0 Å². The molecule has 10 heteroatoms. The van der Waals surface area contributed by atoms with Gasteiger partial charge in [0.1, 0.15) is 11.5 Å². The Morgan fingerprint density at radius 1 is 0.943 bits per heavy atom. The lowest BCUT2D eigenvalue weighted by Gasteiger charge is -2.12. The number of rotatable bonds is 9. The Hall–Kier alpha value is -4.18. The van der Waals surface area contributed by atoms with Crippen LogP contribution in [0.25, 0.3) is 11.4 Å². The highest BCUT2D eigenvalue weighted by Crippen LogP contribution is 2.33. The molecule has 4 rings (SSSR count). The largest absolute Gasteiger partial charge is 0.493 e. The van der Waals surface area contributed by atoms with Gasteiger partial charge in [-0.3, -0.25) is 4.79 Å². The Balaban J connectivity index is 1.39. The number of carbonyl (C=O) groups is 1. The maximum absolute atomic E-state index is 12.7. The SMILES string of the molecule is COc1ccc(-c2nnc(S[C@H](C)C(=O)Nc3ccc(Oc4ccccc4)cc3)n2N)cc1OC. The summed E-state index contributed by atoms with van der Waals surface area (Å²) >= 11 is 1.21. The average Bonchev–Trinajstić information content (AvgIpc) is 3.25. The van der Waals surface area contributed by atoms with Crippen LogP contribution in [0.5, 0.6) is 23.0 Å². The van der Waals surface area contributed by atoms with Crippen molar-refractivity contribution >= 4 is 23.4 Å². The van der Waals surface area contributed by atoms with Crippen LogP contribution in [0, 0.1) is 0 Å². The topological polar surface area (TPSA) is 114 Å². The van der Waals surface area contributed by atoms with Gasteiger partial charge in [-0.05, 0) is 61.5 Å². The van der Waals surface area contributed by atoms with E-state index < -0.39 is 5.25 Å². The van der Waals surface area contributed by atoms with E-state index in [0.717, 1.165) is 5.75 Å². The molecule has 3 N–H and O–H groups in total. The molecule has 1 aromatic heterocycles. The number of anilines is 1. The van der Waals surface area contributed by atoms with Crippen LogP contribution in [0.2, 0.25) is 0 Å². The molecule has 0 aliphatic heterocycles. The summed E-state index contributed by atoms with van der Waals surface area (Å²) in [6, 6.07) is 22.0. The fourth-order valence-electron chi connectivity index (χ4n) is 3.22. The molecule has 0 spiro atoms. The summed E-state index contributed by atoms with van der Waals surface area (Å²) in [7, 11) is 3.12. The zero-order valence-corrected chi connectivity index (χ0v) is 20.3. The Labute approximate surface area is 207 Å². The van der Waals surface area contributed by atoms with Crippen molar-refractivity contribution in [1.29, 1.82) is 0 Å². The van der Waals surface area contributed by atoms with E-state index in [1.54, 1.807) is 57.5 Å². The fourth-order valence-corrected chi connectivity index (χ4v) is 3.99. The molecule has 1 atom stereocenters. The van der Waals surface area contributed by atoms with Crippen LogP contribution in [0.3, 0.4) is 0 Å². The van der Waals surface area contributed by atoms with Gasteiger partial charge in [-0.1, -0.05) is 30.0 Å². The summed E-state index contributed by atoms with van der Waals surface area (Å²) in [6.07, 6.45) is 0. The number of nitrogens with one attached hydrogen (secondary N) is 1. The standard InChI is InChI=1S/C25H25N5O4S/c1-16(24(31)27-18-10-12-20(13-11-18)34-19-7-5-4-6-8-19)35-25-29-28-23(30(25)26)17-9-14-21(32-2)22(15-17)33-3/h4-16H,26H2,1-3H3,(H,27,31)/t16-/m1/s1. The first-order valence-electron chi connectivity index (χ1n) is 10.7. The van der Waals surface area contributed by atoms with Gasteiger partial charge in [0, 0.05) is 11.3 Å². The van der Waals surface area contributed by atoms with Crippen molar-refractivity contribution in [2.75, 3.05) is 25.4 Å². The van der Waals surface area contributed by atoms with Crippen molar-refractivity contribution in [3.63, 3.8) is 0 Å². The minimum absolute atomic E-state index is 0.192. The van der Waals surface area contributed by atoms with Gasteiger partial charge in [-0.25, -0.2) is 4.68 Å². The number of nitrogens with zero attached hydrogens (tertiary/aromatic N) is 3. The van der Waals surface area contributed by atoms with Crippen molar-refractivity contribution in [1.82, 2.24) is 14.9 Å². The highest BCUT2D eigenvalue weighted by atomic mass is 32.2. The van der Waals surface area contributed by atoms with Crippen molar-refractivity contribution in [2.45, 2.75) is 17.3 Å².